The fourth-order valence-electron chi connectivity index (χ4n) is 2.75. The SMILES string of the molecule is COc1ccc(Nc2nc3ncn(-c4c(C)cccc4Cl)c(=O)c3s2)cc1. The zero-order valence-electron chi connectivity index (χ0n) is 14.6. The lowest BCUT2D eigenvalue weighted by atomic mass is 10.2. The Morgan fingerprint density at radius 2 is 1.96 bits per heavy atom. The summed E-state index contributed by atoms with van der Waals surface area (Å²) in [6, 6.07) is 13.0. The molecule has 2 aromatic heterocycles. The maximum atomic E-state index is 13.0. The lowest BCUT2D eigenvalue weighted by Gasteiger charge is -2.10. The number of ether oxygens (including phenoxy) is 1. The van der Waals surface area contributed by atoms with E-state index in [-0.39, 0.29) is 5.56 Å². The maximum Gasteiger partial charge on any atom is 0.277 e. The number of methoxy groups -OCH3 is 1. The molecule has 0 saturated heterocycles. The molecule has 4 aromatic rings. The molecule has 0 unspecified atom stereocenters. The maximum absolute atomic E-state index is 13.0. The molecule has 27 heavy (non-hydrogen) atoms. The van der Waals surface area contributed by atoms with Gasteiger partial charge in [0.1, 0.15) is 16.8 Å². The predicted molar refractivity (Wildman–Crippen MR) is 109 cm³/mol. The van der Waals surface area contributed by atoms with Crippen LogP contribution in [0.4, 0.5) is 10.8 Å². The van der Waals surface area contributed by atoms with Gasteiger partial charge < -0.3 is 10.1 Å². The van der Waals surface area contributed by atoms with Gasteiger partial charge in [-0.25, -0.2) is 4.98 Å². The number of anilines is 2. The lowest BCUT2D eigenvalue weighted by molar-refractivity contribution is 0.415. The van der Waals surface area contributed by atoms with Crippen molar-refractivity contribution in [2.45, 2.75) is 6.92 Å². The minimum Gasteiger partial charge on any atom is -0.497 e. The second-order valence-electron chi connectivity index (χ2n) is 5.85. The van der Waals surface area contributed by atoms with Crippen molar-refractivity contribution in [1.82, 2.24) is 14.5 Å². The number of nitrogens with zero attached hydrogens (tertiary/aromatic N) is 3. The summed E-state index contributed by atoms with van der Waals surface area (Å²) in [6.07, 6.45) is 1.47. The first-order valence-corrected chi connectivity index (χ1v) is 9.31. The molecule has 0 spiro atoms. The highest BCUT2D eigenvalue weighted by atomic mass is 35.5. The van der Waals surface area contributed by atoms with Gasteiger partial charge in [-0.3, -0.25) is 9.36 Å². The number of hydrogen-bond acceptors (Lipinski definition) is 6. The quantitative estimate of drug-likeness (QED) is 0.546. The molecule has 0 radical (unpaired) electrons. The third-order valence-electron chi connectivity index (χ3n) is 4.09. The van der Waals surface area contributed by atoms with E-state index in [1.165, 1.54) is 22.2 Å². The van der Waals surface area contributed by atoms with Crippen molar-refractivity contribution in [1.29, 1.82) is 0 Å². The molecule has 1 N–H and O–H groups in total. The van der Waals surface area contributed by atoms with Crippen LogP contribution in [-0.4, -0.2) is 21.6 Å². The second kappa shape index (κ2) is 7.02. The van der Waals surface area contributed by atoms with Crippen LogP contribution in [0.25, 0.3) is 16.0 Å². The highest BCUT2D eigenvalue weighted by Crippen LogP contribution is 2.28. The van der Waals surface area contributed by atoms with Crippen LogP contribution in [0.15, 0.2) is 53.6 Å². The summed E-state index contributed by atoms with van der Waals surface area (Å²) in [5, 5.41) is 4.28. The van der Waals surface area contributed by atoms with Crippen LogP contribution in [0, 0.1) is 6.92 Å². The van der Waals surface area contributed by atoms with E-state index in [2.05, 4.69) is 15.3 Å². The highest BCUT2D eigenvalue weighted by molar-refractivity contribution is 7.22. The van der Waals surface area contributed by atoms with Crippen LogP contribution in [-0.2, 0) is 0 Å². The molecule has 0 fully saturated rings. The summed E-state index contributed by atoms with van der Waals surface area (Å²) in [7, 11) is 1.62. The Balaban J connectivity index is 1.75. The molecule has 6 nitrogen and oxygen atoms in total. The van der Waals surface area contributed by atoms with Crippen LogP contribution in [0.5, 0.6) is 5.75 Å². The van der Waals surface area contributed by atoms with Crippen LogP contribution in [0.1, 0.15) is 5.56 Å². The normalized spacial score (nSPS) is 10.9. The number of rotatable bonds is 4. The number of thiazole rings is 1. The number of aryl methyl sites for hydroxylation is 1. The molecule has 8 heteroatoms. The molecule has 0 atom stereocenters. The van der Waals surface area contributed by atoms with Gasteiger partial charge in [0.2, 0.25) is 0 Å². The van der Waals surface area contributed by atoms with Crippen molar-refractivity contribution in [3.8, 4) is 11.4 Å². The number of aromatic nitrogens is 3. The number of para-hydroxylation sites is 1. The number of benzene rings is 2. The third-order valence-corrected chi connectivity index (χ3v) is 5.34. The molecule has 136 valence electrons. The summed E-state index contributed by atoms with van der Waals surface area (Å²) < 4.78 is 7.09. The summed E-state index contributed by atoms with van der Waals surface area (Å²) in [6.45, 7) is 1.90. The molecule has 2 aromatic carbocycles. The fraction of sp³-hybridized carbons (Fsp3) is 0.105. The van der Waals surface area contributed by atoms with E-state index in [0.717, 1.165) is 17.0 Å². The monoisotopic (exact) mass is 398 g/mol. The molecule has 0 aliphatic carbocycles. The fourth-order valence-corrected chi connectivity index (χ4v) is 3.93. The third kappa shape index (κ3) is 3.27. The van der Waals surface area contributed by atoms with Gasteiger partial charge in [0.15, 0.2) is 10.8 Å². The van der Waals surface area contributed by atoms with Crippen molar-refractivity contribution >= 4 is 44.1 Å². The topological polar surface area (TPSA) is 69.0 Å². The van der Waals surface area contributed by atoms with Gasteiger partial charge in [-0.15, -0.1) is 0 Å². The van der Waals surface area contributed by atoms with E-state index in [9.17, 15) is 4.79 Å². The van der Waals surface area contributed by atoms with Crippen LogP contribution in [0.3, 0.4) is 0 Å². The summed E-state index contributed by atoms with van der Waals surface area (Å²) in [5.41, 5.74) is 2.58. The van der Waals surface area contributed by atoms with Crippen LogP contribution >= 0.6 is 22.9 Å². The van der Waals surface area contributed by atoms with Gasteiger partial charge in [0, 0.05) is 5.69 Å². The van der Waals surface area contributed by atoms with Crippen LogP contribution in [0.2, 0.25) is 5.02 Å². The molecular formula is C19H15ClN4O2S. The van der Waals surface area contributed by atoms with Crippen molar-refractivity contribution < 1.29 is 4.74 Å². The van der Waals surface area contributed by atoms with Gasteiger partial charge in [0.25, 0.3) is 5.56 Å². The van der Waals surface area contributed by atoms with Crippen molar-refractivity contribution in [3.05, 3.63) is 69.7 Å². The van der Waals surface area contributed by atoms with E-state index in [4.69, 9.17) is 16.3 Å². The summed E-state index contributed by atoms with van der Waals surface area (Å²) in [4.78, 5) is 21.7. The molecule has 0 bridgehead atoms. The standard InChI is InChI=1S/C19H15ClN4O2S/c1-11-4-3-5-14(20)15(11)24-10-21-17-16(18(24)25)27-19(23-17)22-12-6-8-13(26-2)9-7-12/h3-10H,1-2H3,(H,22,23). The van der Waals surface area contributed by atoms with Crippen molar-refractivity contribution in [3.63, 3.8) is 0 Å². The Labute approximate surface area is 164 Å². The Bertz CT molecular complexity index is 1160. The number of halogens is 1. The van der Waals surface area contributed by atoms with Gasteiger partial charge in [0.05, 0.1) is 17.8 Å². The largest absolute Gasteiger partial charge is 0.497 e. The molecule has 0 aliphatic rings. The van der Waals surface area contributed by atoms with Gasteiger partial charge >= 0.3 is 0 Å². The Morgan fingerprint density at radius 3 is 2.67 bits per heavy atom. The number of hydrogen-bond donors (Lipinski definition) is 1. The average molecular weight is 399 g/mol. The number of nitrogens with one attached hydrogen (secondary N) is 1. The average Bonchev–Trinajstić information content (AvgIpc) is 3.07. The van der Waals surface area contributed by atoms with Gasteiger partial charge in [-0.05, 0) is 42.8 Å². The minimum atomic E-state index is -0.198. The van der Waals surface area contributed by atoms with E-state index in [1.807, 2.05) is 43.3 Å². The number of fused-ring (bicyclic) bond motifs is 1. The minimum absolute atomic E-state index is 0.198. The van der Waals surface area contributed by atoms with Crippen molar-refractivity contribution in [2.24, 2.45) is 0 Å². The van der Waals surface area contributed by atoms with Crippen molar-refractivity contribution in [2.75, 3.05) is 12.4 Å². The molecule has 0 saturated carbocycles. The van der Waals surface area contributed by atoms with E-state index >= 15 is 0 Å². The zero-order chi connectivity index (χ0) is 19.0. The molecule has 0 aliphatic heterocycles. The molecule has 4 rings (SSSR count). The zero-order valence-corrected chi connectivity index (χ0v) is 16.1. The summed E-state index contributed by atoms with van der Waals surface area (Å²) in [5.74, 6) is 0.768. The first-order valence-electron chi connectivity index (χ1n) is 8.11. The molecule has 0 amide bonds. The highest BCUT2D eigenvalue weighted by Gasteiger charge is 2.15. The first-order chi connectivity index (χ1) is 13.1. The summed E-state index contributed by atoms with van der Waals surface area (Å²) >= 11 is 7.56. The van der Waals surface area contributed by atoms with E-state index < -0.39 is 0 Å². The first kappa shape index (κ1) is 17.5. The molecular weight excluding hydrogens is 384 g/mol. The second-order valence-corrected chi connectivity index (χ2v) is 7.26. The van der Waals surface area contributed by atoms with Crippen LogP contribution < -0.4 is 15.6 Å². The van der Waals surface area contributed by atoms with E-state index in [1.54, 1.807) is 13.2 Å². The van der Waals surface area contributed by atoms with Gasteiger partial charge in [-0.2, -0.15) is 4.98 Å². The Morgan fingerprint density at radius 1 is 1.19 bits per heavy atom. The Hall–Kier alpha value is -2.90. The lowest BCUT2D eigenvalue weighted by Crippen LogP contribution is -2.19. The van der Waals surface area contributed by atoms with E-state index in [0.29, 0.717) is 26.2 Å². The van der Waals surface area contributed by atoms with Gasteiger partial charge in [-0.1, -0.05) is 35.1 Å². The Kier molecular flexibility index (Phi) is 4.55. The smallest absolute Gasteiger partial charge is 0.277 e. The molecule has 2 heterocycles. The predicted octanol–water partition coefficient (Wildman–Crippen LogP) is 4.56.